The quantitative estimate of drug-likeness (QED) is 0.919. The second kappa shape index (κ2) is 4.96. The molecule has 0 fully saturated rings. The van der Waals surface area contributed by atoms with Crippen LogP contribution < -0.4 is 10.1 Å². The molecule has 0 saturated carbocycles. The van der Waals surface area contributed by atoms with E-state index in [1.807, 2.05) is 12.1 Å². The van der Waals surface area contributed by atoms with Crippen molar-refractivity contribution in [2.45, 2.75) is 25.8 Å². The normalized spacial score (nSPS) is 17.7. The average Bonchev–Trinajstić information content (AvgIpc) is 2.90. The van der Waals surface area contributed by atoms with Crippen molar-refractivity contribution in [3.8, 4) is 5.75 Å². The van der Waals surface area contributed by atoms with Crippen LogP contribution in [0.5, 0.6) is 5.75 Å². The Morgan fingerprint density at radius 1 is 1.37 bits per heavy atom. The molecule has 0 bridgehead atoms. The van der Waals surface area contributed by atoms with Crippen LogP contribution in [-0.4, -0.2) is 23.2 Å². The second-order valence-corrected chi connectivity index (χ2v) is 4.82. The molecule has 4 heteroatoms. The number of methoxy groups -OCH3 is 1. The lowest BCUT2D eigenvalue weighted by atomic mass is 10.0. The van der Waals surface area contributed by atoms with E-state index in [0.717, 1.165) is 36.8 Å². The van der Waals surface area contributed by atoms with Crippen molar-refractivity contribution < 1.29 is 4.74 Å². The molecule has 1 N–H and O–H groups in total. The average molecular weight is 257 g/mol. The van der Waals surface area contributed by atoms with E-state index < -0.39 is 0 Å². The van der Waals surface area contributed by atoms with Crippen LogP contribution in [0, 0.1) is 0 Å². The van der Waals surface area contributed by atoms with Crippen molar-refractivity contribution in [2.75, 3.05) is 19.0 Å². The standard InChI is InChI=1S/C15H19N3O/c1-3-12-10-18-14(8-9-16-15(18)17-12)11-4-6-13(19-2)7-5-11/h4-7,10,14H,3,8-9H2,1-2H3,(H,16,17). The van der Waals surface area contributed by atoms with Crippen molar-refractivity contribution in [1.29, 1.82) is 0 Å². The van der Waals surface area contributed by atoms with E-state index in [4.69, 9.17) is 4.74 Å². The fourth-order valence-electron chi connectivity index (χ4n) is 2.60. The van der Waals surface area contributed by atoms with Gasteiger partial charge >= 0.3 is 0 Å². The van der Waals surface area contributed by atoms with Gasteiger partial charge in [0.15, 0.2) is 0 Å². The first-order valence-corrected chi connectivity index (χ1v) is 6.77. The molecule has 0 spiro atoms. The maximum Gasteiger partial charge on any atom is 0.203 e. The van der Waals surface area contributed by atoms with Gasteiger partial charge in [-0.25, -0.2) is 4.98 Å². The summed E-state index contributed by atoms with van der Waals surface area (Å²) in [6.07, 6.45) is 4.21. The zero-order chi connectivity index (χ0) is 13.2. The Morgan fingerprint density at radius 3 is 2.84 bits per heavy atom. The molecule has 2 aromatic rings. The largest absolute Gasteiger partial charge is 0.497 e. The number of nitrogens with zero attached hydrogens (tertiary/aromatic N) is 2. The Labute approximate surface area is 113 Å². The number of nitrogens with one attached hydrogen (secondary N) is 1. The molecule has 1 unspecified atom stereocenters. The first kappa shape index (κ1) is 12.1. The van der Waals surface area contributed by atoms with E-state index in [-0.39, 0.29) is 0 Å². The Hall–Kier alpha value is -1.97. The number of hydrogen-bond donors (Lipinski definition) is 1. The molecule has 100 valence electrons. The summed E-state index contributed by atoms with van der Waals surface area (Å²) >= 11 is 0. The summed E-state index contributed by atoms with van der Waals surface area (Å²) in [7, 11) is 1.70. The van der Waals surface area contributed by atoms with Gasteiger partial charge in [-0.15, -0.1) is 0 Å². The van der Waals surface area contributed by atoms with Crippen LogP contribution in [0.3, 0.4) is 0 Å². The maximum absolute atomic E-state index is 5.22. The predicted octanol–water partition coefficient (Wildman–Crippen LogP) is 2.86. The van der Waals surface area contributed by atoms with E-state index >= 15 is 0 Å². The number of hydrogen-bond acceptors (Lipinski definition) is 3. The molecule has 1 aromatic heterocycles. The lowest BCUT2D eigenvalue weighted by molar-refractivity contribution is 0.414. The highest BCUT2D eigenvalue weighted by atomic mass is 16.5. The number of aryl methyl sites for hydroxylation is 1. The highest BCUT2D eigenvalue weighted by Gasteiger charge is 2.22. The third kappa shape index (κ3) is 2.18. The van der Waals surface area contributed by atoms with E-state index in [1.165, 1.54) is 5.56 Å². The Morgan fingerprint density at radius 2 is 2.16 bits per heavy atom. The maximum atomic E-state index is 5.22. The molecule has 19 heavy (non-hydrogen) atoms. The summed E-state index contributed by atoms with van der Waals surface area (Å²) in [5.74, 6) is 1.89. The first-order valence-electron chi connectivity index (χ1n) is 6.77. The minimum absolute atomic E-state index is 0.370. The Bertz CT molecular complexity index is 559. The van der Waals surface area contributed by atoms with Crippen molar-refractivity contribution in [3.63, 3.8) is 0 Å². The molecule has 1 aliphatic rings. The zero-order valence-electron chi connectivity index (χ0n) is 11.4. The number of fused-ring (bicyclic) bond motifs is 1. The minimum atomic E-state index is 0.370. The van der Waals surface area contributed by atoms with E-state index in [9.17, 15) is 0 Å². The molecule has 1 aromatic carbocycles. The minimum Gasteiger partial charge on any atom is -0.497 e. The Balaban J connectivity index is 1.95. The molecular formula is C15H19N3O. The van der Waals surface area contributed by atoms with Gasteiger partial charge in [0.2, 0.25) is 5.95 Å². The summed E-state index contributed by atoms with van der Waals surface area (Å²) < 4.78 is 7.47. The molecule has 2 heterocycles. The van der Waals surface area contributed by atoms with Crippen LogP contribution in [0.15, 0.2) is 30.5 Å². The molecule has 0 aliphatic carbocycles. The van der Waals surface area contributed by atoms with Crippen LogP contribution in [0.1, 0.15) is 30.6 Å². The number of benzene rings is 1. The third-order valence-electron chi connectivity index (χ3n) is 3.68. The Kier molecular flexibility index (Phi) is 3.15. The molecule has 0 radical (unpaired) electrons. The van der Waals surface area contributed by atoms with E-state index in [1.54, 1.807) is 7.11 Å². The van der Waals surface area contributed by atoms with Crippen molar-refractivity contribution >= 4 is 5.95 Å². The number of ether oxygens (including phenoxy) is 1. The number of anilines is 1. The molecule has 1 aliphatic heterocycles. The molecule has 1 atom stereocenters. The van der Waals surface area contributed by atoms with Gasteiger partial charge in [0.25, 0.3) is 0 Å². The molecule has 0 saturated heterocycles. The lowest BCUT2D eigenvalue weighted by Crippen LogP contribution is -2.23. The van der Waals surface area contributed by atoms with Gasteiger partial charge in [0, 0.05) is 12.7 Å². The second-order valence-electron chi connectivity index (χ2n) is 4.82. The number of aromatic nitrogens is 2. The van der Waals surface area contributed by atoms with Gasteiger partial charge in [0.05, 0.1) is 18.8 Å². The summed E-state index contributed by atoms with van der Waals surface area (Å²) in [4.78, 5) is 4.61. The van der Waals surface area contributed by atoms with Crippen LogP contribution in [0.4, 0.5) is 5.95 Å². The smallest absolute Gasteiger partial charge is 0.203 e. The zero-order valence-corrected chi connectivity index (χ0v) is 11.4. The predicted molar refractivity (Wildman–Crippen MR) is 75.8 cm³/mol. The SMILES string of the molecule is CCc1cn2c(n1)NCCC2c1ccc(OC)cc1. The van der Waals surface area contributed by atoms with Gasteiger partial charge in [0.1, 0.15) is 5.75 Å². The highest BCUT2D eigenvalue weighted by Crippen LogP contribution is 2.30. The number of imidazole rings is 1. The van der Waals surface area contributed by atoms with Gasteiger partial charge in [-0.1, -0.05) is 19.1 Å². The van der Waals surface area contributed by atoms with Crippen LogP contribution >= 0.6 is 0 Å². The molecule has 4 nitrogen and oxygen atoms in total. The van der Waals surface area contributed by atoms with Crippen LogP contribution in [0.2, 0.25) is 0 Å². The monoisotopic (exact) mass is 257 g/mol. The van der Waals surface area contributed by atoms with Crippen LogP contribution in [-0.2, 0) is 6.42 Å². The van der Waals surface area contributed by atoms with Gasteiger partial charge in [-0.05, 0) is 30.5 Å². The topological polar surface area (TPSA) is 39.1 Å². The lowest BCUT2D eigenvalue weighted by Gasteiger charge is -2.26. The van der Waals surface area contributed by atoms with E-state index in [2.05, 4.69) is 40.1 Å². The summed E-state index contributed by atoms with van der Waals surface area (Å²) in [6.45, 7) is 3.10. The van der Waals surface area contributed by atoms with E-state index in [0.29, 0.717) is 6.04 Å². The third-order valence-corrected chi connectivity index (χ3v) is 3.68. The van der Waals surface area contributed by atoms with Gasteiger partial charge in [-0.3, -0.25) is 0 Å². The van der Waals surface area contributed by atoms with Crippen molar-refractivity contribution in [1.82, 2.24) is 9.55 Å². The van der Waals surface area contributed by atoms with Gasteiger partial charge in [-0.2, -0.15) is 0 Å². The first-order chi connectivity index (χ1) is 9.31. The summed E-state index contributed by atoms with van der Waals surface area (Å²) in [5, 5.41) is 3.37. The molecular weight excluding hydrogens is 238 g/mol. The fourth-order valence-corrected chi connectivity index (χ4v) is 2.60. The van der Waals surface area contributed by atoms with Gasteiger partial charge < -0.3 is 14.6 Å². The number of rotatable bonds is 3. The molecule has 3 rings (SSSR count). The van der Waals surface area contributed by atoms with Crippen molar-refractivity contribution in [3.05, 3.63) is 41.7 Å². The van der Waals surface area contributed by atoms with Crippen molar-refractivity contribution in [2.24, 2.45) is 0 Å². The summed E-state index contributed by atoms with van der Waals surface area (Å²) in [5.41, 5.74) is 2.45. The molecule has 0 amide bonds. The van der Waals surface area contributed by atoms with Crippen LogP contribution in [0.25, 0.3) is 0 Å². The summed E-state index contributed by atoms with van der Waals surface area (Å²) in [6, 6.07) is 8.70. The highest BCUT2D eigenvalue weighted by molar-refractivity contribution is 5.37. The fraction of sp³-hybridized carbons (Fsp3) is 0.400.